The fraction of sp³-hybridized carbons (Fsp3) is 0.857. The fourth-order valence-electron chi connectivity index (χ4n) is 2.17. The van der Waals surface area contributed by atoms with E-state index in [0.717, 1.165) is 11.8 Å². The van der Waals surface area contributed by atoms with Crippen LogP contribution >= 0.6 is 0 Å². The average Bonchev–Trinajstić information content (AvgIpc) is 3.10. The van der Waals surface area contributed by atoms with Crippen LogP contribution in [0, 0.1) is 5.92 Å². The van der Waals surface area contributed by atoms with E-state index in [1.807, 2.05) is 20.8 Å². The molecule has 19 heavy (non-hydrogen) atoms. The van der Waals surface area contributed by atoms with Crippen molar-refractivity contribution in [2.45, 2.75) is 52.2 Å². The number of amidine groups is 1. The predicted molar refractivity (Wildman–Crippen MR) is 75.4 cm³/mol. The van der Waals surface area contributed by atoms with Crippen LogP contribution in [-0.4, -0.2) is 48.1 Å². The van der Waals surface area contributed by atoms with Gasteiger partial charge in [-0.15, -0.1) is 0 Å². The molecule has 1 atom stereocenters. The molecule has 1 aliphatic carbocycles. The van der Waals surface area contributed by atoms with E-state index >= 15 is 0 Å². The Labute approximate surface area is 115 Å². The van der Waals surface area contributed by atoms with Crippen molar-refractivity contribution in [3.63, 3.8) is 0 Å². The van der Waals surface area contributed by atoms with Gasteiger partial charge in [-0.25, -0.2) is 4.79 Å². The molecule has 1 saturated carbocycles. The van der Waals surface area contributed by atoms with Crippen LogP contribution in [0.2, 0.25) is 0 Å². The van der Waals surface area contributed by atoms with E-state index in [1.54, 1.807) is 4.90 Å². The highest BCUT2D eigenvalue weighted by atomic mass is 16.6. The minimum absolute atomic E-state index is 0.249. The second-order valence-electron chi connectivity index (χ2n) is 6.50. The molecule has 5 nitrogen and oxygen atoms in total. The van der Waals surface area contributed by atoms with Gasteiger partial charge in [-0.2, -0.15) is 0 Å². The van der Waals surface area contributed by atoms with Crippen LogP contribution in [-0.2, 0) is 4.74 Å². The number of carbonyl (C=O) groups excluding carboxylic acids is 1. The Morgan fingerprint density at radius 3 is 2.74 bits per heavy atom. The molecule has 108 valence electrons. The number of amides is 1. The number of carbonyl (C=O) groups is 1. The molecule has 0 radical (unpaired) electrons. The molecule has 0 aromatic carbocycles. The van der Waals surface area contributed by atoms with Gasteiger partial charge in [0.25, 0.3) is 0 Å². The summed E-state index contributed by atoms with van der Waals surface area (Å²) < 4.78 is 5.39. The Kier molecular flexibility index (Phi) is 4.02. The van der Waals surface area contributed by atoms with Gasteiger partial charge in [-0.05, 0) is 46.5 Å². The monoisotopic (exact) mass is 267 g/mol. The van der Waals surface area contributed by atoms with Crippen LogP contribution in [0.5, 0.6) is 0 Å². The Bertz CT molecular complexity index is 369. The Morgan fingerprint density at radius 2 is 2.16 bits per heavy atom. The van der Waals surface area contributed by atoms with Crippen LogP contribution in [0.15, 0.2) is 4.99 Å². The van der Waals surface area contributed by atoms with Crippen molar-refractivity contribution in [2.75, 3.05) is 19.6 Å². The molecule has 1 unspecified atom stereocenters. The SMILES string of the molecule is CC(NC1=NCCN(C(=O)OC(C)(C)C)C1)C1CC1. The first-order valence-corrected chi connectivity index (χ1v) is 7.13. The summed E-state index contributed by atoms with van der Waals surface area (Å²) in [6.07, 6.45) is 2.36. The Balaban J connectivity index is 1.85. The minimum Gasteiger partial charge on any atom is -0.444 e. The summed E-state index contributed by atoms with van der Waals surface area (Å²) in [5, 5.41) is 3.43. The predicted octanol–water partition coefficient (Wildman–Crippen LogP) is 2.02. The number of aliphatic imine (C=N–C) groups is 1. The lowest BCUT2D eigenvalue weighted by Crippen LogP contribution is -2.49. The normalized spacial score (nSPS) is 21.7. The Hall–Kier alpha value is -1.26. The van der Waals surface area contributed by atoms with Gasteiger partial charge in [0.2, 0.25) is 0 Å². The number of hydrogen-bond donors (Lipinski definition) is 1. The van der Waals surface area contributed by atoms with E-state index in [-0.39, 0.29) is 6.09 Å². The molecule has 2 aliphatic rings. The zero-order valence-corrected chi connectivity index (χ0v) is 12.4. The number of nitrogens with one attached hydrogen (secondary N) is 1. The zero-order chi connectivity index (χ0) is 14.0. The van der Waals surface area contributed by atoms with Crippen molar-refractivity contribution >= 4 is 11.9 Å². The first kappa shape index (κ1) is 14.2. The van der Waals surface area contributed by atoms with Gasteiger partial charge in [0.15, 0.2) is 0 Å². The van der Waals surface area contributed by atoms with Crippen molar-refractivity contribution in [2.24, 2.45) is 10.9 Å². The average molecular weight is 267 g/mol. The summed E-state index contributed by atoms with van der Waals surface area (Å²) in [6, 6.07) is 0.456. The van der Waals surface area contributed by atoms with E-state index in [1.165, 1.54) is 12.8 Å². The summed E-state index contributed by atoms with van der Waals surface area (Å²) >= 11 is 0. The maximum atomic E-state index is 12.0. The summed E-state index contributed by atoms with van der Waals surface area (Å²) in [6.45, 7) is 9.67. The molecule has 0 saturated heterocycles. The van der Waals surface area contributed by atoms with Gasteiger partial charge < -0.3 is 10.1 Å². The van der Waals surface area contributed by atoms with Crippen molar-refractivity contribution in [3.05, 3.63) is 0 Å². The third-order valence-electron chi connectivity index (χ3n) is 3.39. The fourth-order valence-corrected chi connectivity index (χ4v) is 2.17. The van der Waals surface area contributed by atoms with Gasteiger partial charge in [-0.3, -0.25) is 9.89 Å². The molecular weight excluding hydrogens is 242 g/mol. The van der Waals surface area contributed by atoms with E-state index in [9.17, 15) is 4.79 Å². The Morgan fingerprint density at radius 1 is 1.47 bits per heavy atom. The van der Waals surface area contributed by atoms with Crippen LogP contribution in [0.1, 0.15) is 40.5 Å². The number of nitrogens with zero attached hydrogens (tertiary/aromatic N) is 2. The molecule has 0 aromatic heterocycles. The maximum absolute atomic E-state index is 12.0. The molecule has 1 fully saturated rings. The van der Waals surface area contributed by atoms with Crippen LogP contribution in [0.25, 0.3) is 0 Å². The second-order valence-corrected chi connectivity index (χ2v) is 6.50. The minimum atomic E-state index is -0.444. The van der Waals surface area contributed by atoms with E-state index in [2.05, 4.69) is 17.2 Å². The lowest BCUT2D eigenvalue weighted by Gasteiger charge is -2.30. The number of ether oxygens (including phenoxy) is 1. The van der Waals surface area contributed by atoms with Gasteiger partial charge in [-0.1, -0.05) is 0 Å². The summed E-state index contributed by atoms with van der Waals surface area (Å²) in [4.78, 5) is 18.2. The lowest BCUT2D eigenvalue weighted by atomic mass is 10.2. The first-order chi connectivity index (χ1) is 8.85. The van der Waals surface area contributed by atoms with Crippen molar-refractivity contribution < 1.29 is 9.53 Å². The molecule has 0 bridgehead atoms. The van der Waals surface area contributed by atoms with Gasteiger partial charge in [0.1, 0.15) is 11.4 Å². The van der Waals surface area contributed by atoms with Crippen molar-refractivity contribution in [1.82, 2.24) is 10.2 Å². The standard InChI is InChI=1S/C14H25N3O2/c1-10(11-5-6-11)16-12-9-17(8-7-15-12)13(18)19-14(2,3)4/h10-11H,5-9H2,1-4H3,(H,15,16). The van der Waals surface area contributed by atoms with Crippen molar-refractivity contribution in [1.29, 1.82) is 0 Å². The molecule has 1 N–H and O–H groups in total. The molecule has 1 heterocycles. The van der Waals surface area contributed by atoms with Gasteiger partial charge >= 0.3 is 6.09 Å². The second kappa shape index (κ2) is 5.39. The number of rotatable bonds is 2. The molecule has 1 amide bonds. The molecule has 5 heteroatoms. The van der Waals surface area contributed by atoms with E-state index in [0.29, 0.717) is 25.7 Å². The van der Waals surface area contributed by atoms with Gasteiger partial charge in [0, 0.05) is 12.6 Å². The zero-order valence-electron chi connectivity index (χ0n) is 12.4. The quantitative estimate of drug-likeness (QED) is 0.833. The van der Waals surface area contributed by atoms with Crippen molar-refractivity contribution in [3.8, 4) is 0 Å². The van der Waals surface area contributed by atoms with Crippen LogP contribution < -0.4 is 5.32 Å². The molecular formula is C14H25N3O2. The summed E-state index contributed by atoms with van der Waals surface area (Å²) in [5.74, 6) is 1.69. The summed E-state index contributed by atoms with van der Waals surface area (Å²) in [5.41, 5.74) is -0.444. The highest BCUT2D eigenvalue weighted by Crippen LogP contribution is 2.32. The molecule has 1 aliphatic heterocycles. The maximum Gasteiger partial charge on any atom is 0.410 e. The first-order valence-electron chi connectivity index (χ1n) is 7.13. The molecule has 0 spiro atoms. The summed E-state index contributed by atoms with van der Waals surface area (Å²) in [7, 11) is 0. The topological polar surface area (TPSA) is 53.9 Å². The smallest absolute Gasteiger partial charge is 0.410 e. The van der Waals surface area contributed by atoms with Gasteiger partial charge in [0.05, 0.1) is 13.1 Å². The highest BCUT2D eigenvalue weighted by molar-refractivity contribution is 5.88. The largest absolute Gasteiger partial charge is 0.444 e. The molecule has 0 aromatic rings. The van der Waals surface area contributed by atoms with Crippen LogP contribution in [0.4, 0.5) is 4.79 Å². The van der Waals surface area contributed by atoms with Crippen LogP contribution in [0.3, 0.4) is 0 Å². The number of hydrogen-bond acceptors (Lipinski definition) is 4. The molecule has 2 rings (SSSR count). The highest BCUT2D eigenvalue weighted by Gasteiger charge is 2.30. The lowest BCUT2D eigenvalue weighted by molar-refractivity contribution is 0.0276. The van der Waals surface area contributed by atoms with E-state index < -0.39 is 5.60 Å². The third kappa shape index (κ3) is 4.40. The third-order valence-corrected chi connectivity index (χ3v) is 3.39. The van der Waals surface area contributed by atoms with E-state index in [4.69, 9.17) is 4.74 Å².